The third kappa shape index (κ3) is 3.94. The summed E-state index contributed by atoms with van der Waals surface area (Å²) in [6.45, 7) is 6.23. The molecule has 5 heteroatoms. The van der Waals surface area contributed by atoms with Crippen LogP contribution in [0.15, 0.2) is 18.2 Å². The molecule has 1 unspecified atom stereocenters. The number of sulfonamides is 1. The van der Waals surface area contributed by atoms with Crippen molar-refractivity contribution in [1.82, 2.24) is 5.32 Å². The van der Waals surface area contributed by atoms with E-state index in [1.165, 1.54) is 0 Å². The van der Waals surface area contributed by atoms with Gasteiger partial charge >= 0.3 is 0 Å². The van der Waals surface area contributed by atoms with Crippen LogP contribution >= 0.6 is 0 Å². The molecule has 4 nitrogen and oxygen atoms in total. The largest absolute Gasteiger partial charge is 0.313 e. The first kappa shape index (κ1) is 14.3. The number of rotatable bonds is 6. The second-order valence-electron chi connectivity index (χ2n) is 5.44. The summed E-state index contributed by atoms with van der Waals surface area (Å²) in [6, 6.07) is 6.13. The van der Waals surface area contributed by atoms with Crippen molar-refractivity contribution in [2.75, 3.05) is 11.3 Å². The van der Waals surface area contributed by atoms with E-state index in [-0.39, 0.29) is 0 Å². The fourth-order valence-corrected chi connectivity index (χ4v) is 2.77. The predicted molar refractivity (Wildman–Crippen MR) is 78.9 cm³/mol. The van der Waals surface area contributed by atoms with Crippen LogP contribution in [0, 0.1) is 13.8 Å². The summed E-state index contributed by atoms with van der Waals surface area (Å²) in [5.74, 6) is 0. The zero-order valence-electron chi connectivity index (χ0n) is 11.7. The van der Waals surface area contributed by atoms with Gasteiger partial charge in [0.2, 0.25) is 10.0 Å². The topological polar surface area (TPSA) is 58.2 Å². The molecular weight excluding hydrogens is 260 g/mol. The molecule has 1 aromatic carbocycles. The summed E-state index contributed by atoms with van der Waals surface area (Å²) >= 11 is 0. The molecular formula is C14H22N2O2S. The number of hydrogen-bond acceptors (Lipinski definition) is 3. The van der Waals surface area contributed by atoms with Crippen molar-refractivity contribution in [3.8, 4) is 0 Å². The zero-order chi connectivity index (χ0) is 14.0. The molecule has 0 aromatic heterocycles. The van der Waals surface area contributed by atoms with Crippen LogP contribution in [0.3, 0.4) is 0 Å². The minimum atomic E-state index is -3.32. The number of nitrogens with one attached hydrogen (secondary N) is 2. The number of aryl methyl sites for hydroxylation is 2. The van der Waals surface area contributed by atoms with E-state index in [2.05, 4.69) is 10.0 Å². The highest BCUT2D eigenvalue weighted by Crippen LogP contribution is 2.20. The van der Waals surface area contributed by atoms with Gasteiger partial charge in [0.25, 0.3) is 0 Å². The third-order valence-corrected chi connectivity index (χ3v) is 5.31. The second kappa shape index (κ2) is 5.51. The summed E-state index contributed by atoms with van der Waals surface area (Å²) in [4.78, 5) is 0. The van der Waals surface area contributed by atoms with Crippen molar-refractivity contribution in [1.29, 1.82) is 0 Å². The van der Waals surface area contributed by atoms with Gasteiger partial charge < -0.3 is 5.32 Å². The fraction of sp³-hybridized carbons (Fsp3) is 0.571. The molecule has 0 heterocycles. The first-order valence-electron chi connectivity index (χ1n) is 6.71. The molecule has 1 fully saturated rings. The Morgan fingerprint density at radius 1 is 1.26 bits per heavy atom. The van der Waals surface area contributed by atoms with Crippen molar-refractivity contribution in [2.24, 2.45) is 0 Å². The van der Waals surface area contributed by atoms with Gasteiger partial charge in [-0.15, -0.1) is 0 Å². The molecule has 2 rings (SSSR count). The Morgan fingerprint density at radius 2 is 1.95 bits per heavy atom. The molecule has 0 amide bonds. The number of hydrogen-bond donors (Lipinski definition) is 2. The van der Waals surface area contributed by atoms with Gasteiger partial charge in [0.05, 0.1) is 5.25 Å². The van der Waals surface area contributed by atoms with E-state index in [1.807, 2.05) is 26.0 Å². The quantitative estimate of drug-likeness (QED) is 0.841. The van der Waals surface area contributed by atoms with Crippen LogP contribution in [0.1, 0.15) is 30.9 Å². The SMILES string of the molecule is Cc1ccc(NS(=O)(=O)C(C)CNC2CC2)cc1C. The van der Waals surface area contributed by atoms with Crippen molar-refractivity contribution in [2.45, 2.75) is 44.9 Å². The van der Waals surface area contributed by atoms with Gasteiger partial charge in [0.1, 0.15) is 0 Å². The molecule has 0 radical (unpaired) electrons. The highest BCUT2D eigenvalue weighted by molar-refractivity contribution is 7.93. The molecule has 1 aliphatic carbocycles. The molecule has 0 aliphatic heterocycles. The molecule has 1 aliphatic rings. The van der Waals surface area contributed by atoms with Gasteiger partial charge in [-0.3, -0.25) is 4.72 Å². The van der Waals surface area contributed by atoms with Gasteiger partial charge in [-0.2, -0.15) is 0 Å². The van der Waals surface area contributed by atoms with Crippen LogP contribution < -0.4 is 10.0 Å². The Hall–Kier alpha value is -1.07. The van der Waals surface area contributed by atoms with Crippen LogP contribution in [0.5, 0.6) is 0 Å². The van der Waals surface area contributed by atoms with Crippen LogP contribution in [0.25, 0.3) is 0 Å². The smallest absolute Gasteiger partial charge is 0.236 e. The lowest BCUT2D eigenvalue weighted by atomic mass is 10.1. The lowest BCUT2D eigenvalue weighted by Gasteiger charge is -2.16. The molecule has 19 heavy (non-hydrogen) atoms. The lowest BCUT2D eigenvalue weighted by molar-refractivity contribution is 0.576. The Morgan fingerprint density at radius 3 is 2.53 bits per heavy atom. The van der Waals surface area contributed by atoms with E-state index in [0.717, 1.165) is 24.0 Å². The summed E-state index contributed by atoms with van der Waals surface area (Å²) in [5.41, 5.74) is 2.89. The van der Waals surface area contributed by atoms with Crippen molar-refractivity contribution < 1.29 is 8.42 Å². The van der Waals surface area contributed by atoms with E-state index in [4.69, 9.17) is 0 Å². The first-order chi connectivity index (χ1) is 8.88. The third-order valence-electron chi connectivity index (χ3n) is 3.57. The van der Waals surface area contributed by atoms with Gasteiger partial charge in [-0.25, -0.2) is 8.42 Å². The average Bonchev–Trinajstić information content (AvgIpc) is 3.14. The Balaban J connectivity index is 2.00. The highest BCUT2D eigenvalue weighted by Gasteiger charge is 2.25. The lowest BCUT2D eigenvalue weighted by Crippen LogP contribution is -2.35. The van der Waals surface area contributed by atoms with Crippen LogP contribution in [0.4, 0.5) is 5.69 Å². The van der Waals surface area contributed by atoms with Crippen molar-refractivity contribution in [3.05, 3.63) is 29.3 Å². The van der Waals surface area contributed by atoms with E-state index in [1.54, 1.807) is 13.0 Å². The molecule has 1 atom stereocenters. The highest BCUT2D eigenvalue weighted by atomic mass is 32.2. The molecule has 1 saturated carbocycles. The summed E-state index contributed by atoms with van der Waals surface area (Å²) in [6.07, 6.45) is 2.33. The average molecular weight is 282 g/mol. The normalized spacial score (nSPS) is 17.2. The maximum Gasteiger partial charge on any atom is 0.236 e. The van der Waals surface area contributed by atoms with Crippen molar-refractivity contribution in [3.63, 3.8) is 0 Å². The summed E-state index contributed by atoms with van der Waals surface area (Å²) in [7, 11) is -3.32. The molecule has 0 saturated heterocycles. The Labute approximate surface area is 115 Å². The van der Waals surface area contributed by atoms with Crippen LogP contribution in [-0.4, -0.2) is 26.3 Å². The Bertz CT molecular complexity index is 551. The fourth-order valence-electron chi connectivity index (χ4n) is 1.80. The molecule has 2 N–H and O–H groups in total. The number of anilines is 1. The van der Waals surface area contributed by atoms with Crippen LogP contribution in [-0.2, 0) is 10.0 Å². The first-order valence-corrected chi connectivity index (χ1v) is 8.25. The van der Waals surface area contributed by atoms with Gasteiger partial charge in [0, 0.05) is 18.3 Å². The maximum absolute atomic E-state index is 12.2. The minimum Gasteiger partial charge on any atom is -0.313 e. The Kier molecular flexibility index (Phi) is 4.16. The standard InChI is InChI=1S/C14H22N2O2S/c1-10-4-5-14(8-11(10)2)16-19(17,18)12(3)9-15-13-6-7-13/h4-5,8,12-13,15-16H,6-7,9H2,1-3H3. The monoisotopic (exact) mass is 282 g/mol. The summed E-state index contributed by atoms with van der Waals surface area (Å²) in [5, 5.41) is 2.81. The van der Waals surface area contributed by atoms with Gasteiger partial charge in [-0.1, -0.05) is 6.07 Å². The van der Waals surface area contributed by atoms with Crippen LogP contribution in [0.2, 0.25) is 0 Å². The molecule has 1 aromatic rings. The number of benzene rings is 1. The molecule has 106 valence electrons. The second-order valence-corrected chi connectivity index (χ2v) is 7.54. The zero-order valence-corrected chi connectivity index (χ0v) is 12.5. The van der Waals surface area contributed by atoms with E-state index < -0.39 is 15.3 Å². The summed E-state index contributed by atoms with van der Waals surface area (Å²) < 4.78 is 27.0. The predicted octanol–water partition coefficient (Wildman–Crippen LogP) is 2.19. The van der Waals surface area contributed by atoms with Gasteiger partial charge in [-0.05, 0) is 56.9 Å². The van der Waals surface area contributed by atoms with E-state index in [0.29, 0.717) is 18.3 Å². The molecule has 0 bridgehead atoms. The van der Waals surface area contributed by atoms with Crippen molar-refractivity contribution >= 4 is 15.7 Å². The molecule has 0 spiro atoms. The van der Waals surface area contributed by atoms with Gasteiger partial charge in [0.15, 0.2) is 0 Å². The van der Waals surface area contributed by atoms with E-state index >= 15 is 0 Å². The maximum atomic E-state index is 12.2. The minimum absolute atomic E-state index is 0.435. The van der Waals surface area contributed by atoms with E-state index in [9.17, 15) is 8.42 Å².